The second kappa shape index (κ2) is 8.46. The van der Waals surface area contributed by atoms with Gasteiger partial charge in [-0.15, -0.1) is 11.8 Å². The molecule has 0 aliphatic carbocycles. The van der Waals surface area contributed by atoms with E-state index >= 15 is 0 Å². The fraction of sp³-hybridized carbons (Fsp3) is 0.308. The lowest BCUT2D eigenvalue weighted by Gasteiger charge is -2.06. The monoisotopic (exact) mass is 312 g/mol. The number of hydrogen-bond donors (Lipinski definition) is 1. The smallest absolute Gasteiger partial charge is 0.317 e. The summed E-state index contributed by atoms with van der Waals surface area (Å²) in [6, 6.07) is 8.51. The quantitative estimate of drug-likeness (QED) is 0.816. The molecule has 20 heavy (non-hydrogen) atoms. The van der Waals surface area contributed by atoms with Crippen LogP contribution in [0.4, 0.5) is 5.69 Å². The van der Waals surface area contributed by atoms with Crippen molar-refractivity contribution < 1.29 is 14.3 Å². The summed E-state index contributed by atoms with van der Waals surface area (Å²) in [6.45, 7) is 1.48. The predicted molar refractivity (Wildman–Crippen MR) is 78.6 cm³/mol. The van der Waals surface area contributed by atoms with Gasteiger partial charge in [0, 0.05) is 10.7 Å². The topological polar surface area (TPSA) is 79.2 Å². The van der Waals surface area contributed by atoms with Gasteiger partial charge in [-0.1, -0.05) is 11.6 Å². The van der Waals surface area contributed by atoms with Gasteiger partial charge in [0.1, 0.15) is 6.07 Å². The van der Waals surface area contributed by atoms with E-state index in [4.69, 9.17) is 21.6 Å². The van der Waals surface area contributed by atoms with E-state index in [9.17, 15) is 9.59 Å². The molecular formula is C13H13ClN2O3S. The number of carbonyl (C=O) groups excluding carboxylic acids is 2. The van der Waals surface area contributed by atoms with Gasteiger partial charge >= 0.3 is 5.97 Å². The predicted octanol–water partition coefficient (Wildman–Crippen LogP) is 2.47. The van der Waals surface area contributed by atoms with Crippen molar-refractivity contribution in [1.82, 2.24) is 0 Å². The first-order chi connectivity index (χ1) is 9.51. The van der Waals surface area contributed by atoms with Crippen molar-refractivity contribution in [3.05, 3.63) is 29.3 Å². The zero-order valence-corrected chi connectivity index (χ0v) is 12.3. The Morgan fingerprint density at radius 2 is 2.05 bits per heavy atom. The van der Waals surface area contributed by atoms with Crippen LogP contribution in [0.2, 0.25) is 5.02 Å². The first-order valence-corrected chi connectivity index (χ1v) is 7.27. The molecule has 1 amide bonds. The molecule has 1 aromatic carbocycles. The minimum atomic E-state index is -0.772. The molecule has 0 unspecified atom stereocenters. The van der Waals surface area contributed by atoms with Gasteiger partial charge in [0.25, 0.3) is 0 Å². The maximum Gasteiger partial charge on any atom is 0.317 e. The normalized spacial score (nSPS) is 11.2. The third-order valence-electron chi connectivity index (χ3n) is 2.07. The summed E-state index contributed by atoms with van der Waals surface area (Å²) < 4.78 is 4.75. The van der Waals surface area contributed by atoms with Crippen LogP contribution in [0, 0.1) is 11.3 Å². The summed E-state index contributed by atoms with van der Waals surface area (Å²) in [7, 11) is 0. The molecule has 106 valence electrons. The van der Waals surface area contributed by atoms with E-state index in [1.54, 1.807) is 30.3 Å². The molecule has 0 bridgehead atoms. The van der Waals surface area contributed by atoms with Crippen LogP contribution in [0.3, 0.4) is 0 Å². The van der Waals surface area contributed by atoms with E-state index in [-0.39, 0.29) is 17.4 Å². The number of amides is 1. The summed E-state index contributed by atoms with van der Waals surface area (Å²) in [5, 5.41) is 11.7. The maximum absolute atomic E-state index is 11.6. The van der Waals surface area contributed by atoms with Crippen molar-refractivity contribution >= 4 is 40.9 Å². The number of esters is 1. The fourth-order valence-corrected chi connectivity index (χ4v) is 1.94. The molecule has 0 aliphatic rings. The highest BCUT2D eigenvalue weighted by Gasteiger charge is 2.10. The Labute approximate surface area is 126 Å². The van der Waals surface area contributed by atoms with Gasteiger partial charge in [-0.3, -0.25) is 9.59 Å². The second-order valence-corrected chi connectivity index (χ2v) is 5.23. The average molecular weight is 313 g/mol. The fourth-order valence-electron chi connectivity index (χ4n) is 1.21. The molecule has 1 atom stereocenters. The third-order valence-corrected chi connectivity index (χ3v) is 3.23. The Balaban J connectivity index is 2.25. The number of nitrogens with zero attached hydrogens (tertiary/aromatic N) is 1. The zero-order valence-electron chi connectivity index (χ0n) is 10.8. The van der Waals surface area contributed by atoms with Crippen LogP contribution < -0.4 is 5.32 Å². The highest BCUT2D eigenvalue weighted by Crippen LogP contribution is 2.13. The first-order valence-electron chi connectivity index (χ1n) is 5.73. The minimum Gasteiger partial charge on any atom is -0.447 e. The van der Waals surface area contributed by atoms with Gasteiger partial charge < -0.3 is 10.1 Å². The molecule has 1 rings (SSSR count). The number of anilines is 1. The van der Waals surface area contributed by atoms with Crippen molar-refractivity contribution in [2.24, 2.45) is 0 Å². The summed E-state index contributed by atoms with van der Waals surface area (Å²) in [5.74, 6) is -0.583. The number of halogens is 1. The van der Waals surface area contributed by atoms with E-state index in [2.05, 4.69) is 5.32 Å². The number of carbonyl (C=O) groups is 2. The molecule has 0 radical (unpaired) electrons. The summed E-state index contributed by atoms with van der Waals surface area (Å²) in [5.41, 5.74) is 0.640. The Morgan fingerprint density at radius 3 is 2.65 bits per heavy atom. The molecular weight excluding hydrogens is 300 g/mol. The number of benzene rings is 1. The van der Waals surface area contributed by atoms with Crippen LogP contribution in [0.1, 0.15) is 6.92 Å². The molecule has 0 saturated carbocycles. The van der Waals surface area contributed by atoms with Crippen molar-refractivity contribution in [2.45, 2.75) is 13.0 Å². The Bertz CT molecular complexity index is 513. The van der Waals surface area contributed by atoms with Gasteiger partial charge in [0.15, 0.2) is 6.10 Å². The molecule has 1 aromatic rings. The van der Waals surface area contributed by atoms with Gasteiger partial charge in [0.05, 0.1) is 11.5 Å². The second-order valence-electron chi connectivity index (χ2n) is 3.81. The highest BCUT2D eigenvalue weighted by atomic mass is 35.5. The highest BCUT2D eigenvalue weighted by molar-refractivity contribution is 8.00. The van der Waals surface area contributed by atoms with E-state index in [0.717, 1.165) is 11.8 Å². The largest absolute Gasteiger partial charge is 0.447 e. The van der Waals surface area contributed by atoms with Gasteiger partial charge in [-0.25, -0.2) is 0 Å². The minimum absolute atomic E-state index is 0.0278. The molecule has 0 spiro atoms. The molecule has 0 aliphatic heterocycles. The lowest BCUT2D eigenvalue weighted by molar-refractivity contribution is -0.142. The van der Waals surface area contributed by atoms with Crippen LogP contribution in [0.5, 0.6) is 0 Å². The molecule has 1 N–H and O–H groups in total. The molecule has 7 heteroatoms. The number of thioether (sulfide) groups is 1. The van der Waals surface area contributed by atoms with E-state index in [1.807, 2.05) is 0 Å². The number of nitriles is 1. The summed E-state index contributed by atoms with van der Waals surface area (Å²) in [4.78, 5) is 22.8. The van der Waals surface area contributed by atoms with E-state index < -0.39 is 12.1 Å². The summed E-state index contributed by atoms with van der Waals surface area (Å²) >= 11 is 6.85. The first kappa shape index (κ1) is 16.3. The lowest BCUT2D eigenvalue weighted by atomic mass is 10.3. The zero-order chi connectivity index (χ0) is 15.0. The van der Waals surface area contributed by atoms with Gasteiger partial charge in [-0.05, 0) is 31.2 Å². The van der Waals surface area contributed by atoms with Crippen LogP contribution in [-0.2, 0) is 14.3 Å². The van der Waals surface area contributed by atoms with Crippen molar-refractivity contribution in [3.8, 4) is 6.07 Å². The average Bonchev–Trinajstić information content (AvgIpc) is 2.41. The van der Waals surface area contributed by atoms with Crippen LogP contribution >= 0.6 is 23.4 Å². The standard InChI is InChI=1S/C13H13ClN2O3S/c1-9(6-15)19-13(18)8-20-7-12(17)16-11-4-2-10(14)3-5-11/h2-5,9H,7-8H2,1H3,(H,16,17)/t9-/m1/s1. The number of ether oxygens (including phenoxy) is 1. The van der Waals surface area contributed by atoms with Crippen molar-refractivity contribution in [2.75, 3.05) is 16.8 Å². The number of hydrogen-bond acceptors (Lipinski definition) is 5. The molecule has 0 fully saturated rings. The molecule has 0 aromatic heterocycles. The molecule has 5 nitrogen and oxygen atoms in total. The number of nitrogens with one attached hydrogen (secondary N) is 1. The third kappa shape index (κ3) is 6.45. The summed E-state index contributed by atoms with van der Waals surface area (Å²) in [6.07, 6.45) is -0.772. The number of rotatable bonds is 6. The van der Waals surface area contributed by atoms with Crippen molar-refractivity contribution in [3.63, 3.8) is 0 Å². The maximum atomic E-state index is 11.6. The molecule has 0 heterocycles. The lowest BCUT2D eigenvalue weighted by Crippen LogP contribution is -2.18. The van der Waals surface area contributed by atoms with Gasteiger partial charge in [-0.2, -0.15) is 5.26 Å². The Hall–Kier alpha value is -1.71. The van der Waals surface area contributed by atoms with E-state index in [1.165, 1.54) is 6.92 Å². The van der Waals surface area contributed by atoms with Crippen LogP contribution in [0.25, 0.3) is 0 Å². The Morgan fingerprint density at radius 1 is 1.40 bits per heavy atom. The Kier molecular flexibility index (Phi) is 6.91. The van der Waals surface area contributed by atoms with Crippen LogP contribution in [0.15, 0.2) is 24.3 Å². The molecule has 0 saturated heterocycles. The SMILES string of the molecule is C[C@H](C#N)OC(=O)CSCC(=O)Nc1ccc(Cl)cc1. The van der Waals surface area contributed by atoms with Crippen LogP contribution in [-0.4, -0.2) is 29.5 Å². The van der Waals surface area contributed by atoms with Gasteiger partial charge in [0.2, 0.25) is 5.91 Å². The van der Waals surface area contributed by atoms with E-state index in [0.29, 0.717) is 10.7 Å². The van der Waals surface area contributed by atoms with Crippen molar-refractivity contribution in [1.29, 1.82) is 5.26 Å².